The van der Waals surface area contributed by atoms with Crippen LogP contribution < -0.4 is 15.5 Å². The van der Waals surface area contributed by atoms with Crippen LogP contribution in [0.2, 0.25) is 0 Å². The third-order valence-electron chi connectivity index (χ3n) is 7.36. The molecule has 0 spiro atoms. The predicted octanol–water partition coefficient (Wildman–Crippen LogP) is 5.93. The highest BCUT2D eigenvalue weighted by Crippen LogP contribution is 2.62. The average Bonchev–Trinajstić information content (AvgIpc) is 3.52. The van der Waals surface area contributed by atoms with E-state index in [0.29, 0.717) is 29.1 Å². The van der Waals surface area contributed by atoms with Gasteiger partial charge in [0.05, 0.1) is 29.2 Å². The lowest BCUT2D eigenvalue weighted by Gasteiger charge is -2.31. The number of aliphatic carboxylic acids is 1. The summed E-state index contributed by atoms with van der Waals surface area (Å²) in [5, 5.41) is 24.6. The lowest BCUT2D eigenvalue weighted by molar-refractivity contribution is -0.139. The Hall–Kier alpha value is -3.60. The Balaban J connectivity index is 1.63. The number of carboxylic acids is 1. The maximum atomic E-state index is 13.0. The molecule has 3 atom stereocenters. The van der Waals surface area contributed by atoms with E-state index in [2.05, 4.69) is 54.3 Å². The van der Waals surface area contributed by atoms with Crippen LogP contribution in [0, 0.1) is 40.9 Å². The van der Waals surface area contributed by atoms with Crippen LogP contribution in [-0.4, -0.2) is 35.2 Å². The van der Waals surface area contributed by atoms with E-state index in [1.807, 2.05) is 18.2 Å². The molecule has 3 unspecified atom stereocenters. The number of nitrogens with zero attached hydrogens (tertiary/aromatic N) is 3. The minimum Gasteiger partial charge on any atom is -0.481 e. The van der Waals surface area contributed by atoms with Crippen molar-refractivity contribution in [2.75, 3.05) is 28.6 Å². The van der Waals surface area contributed by atoms with E-state index in [1.54, 1.807) is 12.1 Å². The molecule has 37 heavy (non-hydrogen) atoms. The zero-order valence-corrected chi connectivity index (χ0v) is 22.1. The van der Waals surface area contributed by atoms with Gasteiger partial charge in [0.25, 0.3) is 0 Å². The molecule has 0 radical (unpaired) electrons. The number of aromatic nitrogens is 1. The second kappa shape index (κ2) is 11.2. The normalized spacial score (nSPS) is 20.7. The van der Waals surface area contributed by atoms with Gasteiger partial charge in [0.1, 0.15) is 11.8 Å². The summed E-state index contributed by atoms with van der Waals surface area (Å²) >= 11 is 0. The van der Waals surface area contributed by atoms with Crippen molar-refractivity contribution >= 4 is 29.1 Å². The molecule has 0 aliphatic heterocycles. The topological polar surface area (TPSA) is 118 Å². The standard InChI is InChI=1S/C29H37N5O3/c1-17(2)15-34(16-18(3)4)24-11-8-20(26-25(19-6-5-7-19)27(26)28(35)36)12-23(24)33-29(37)32-22-10-9-21(13-30)31-14-22/h8-12,14,17-19,25-27H,5-7,15-16H2,1-4H3,(H,35,36)(H2,32,33,37). The average molecular weight is 504 g/mol. The van der Waals surface area contributed by atoms with Gasteiger partial charge in [-0.05, 0) is 53.5 Å². The number of hydrogen-bond donors (Lipinski definition) is 3. The van der Waals surface area contributed by atoms with E-state index in [-0.39, 0.29) is 23.4 Å². The first-order chi connectivity index (χ1) is 17.7. The molecule has 2 saturated carbocycles. The SMILES string of the molecule is CC(C)CN(CC(C)C)c1ccc(C2C(C(=O)O)C2C2CCC2)cc1NC(=O)Nc1ccc(C#N)nc1. The Bertz CT molecular complexity index is 1160. The fraction of sp³-hybridized carbons (Fsp3) is 0.517. The molecular weight excluding hydrogens is 466 g/mol. The number of carbonyl (C=O) groups excluding carboxylic acids is 1. The summed E-state index contributed by atoms with van der Waals surface area (Å²) in [5.41, 5.74) is 3.32. The molecule has 2 fully saturated rings. The number of nitrogens with one attached hydrogen (secondary N) is 2. The zero-order chi connectivity index (χ0) is 26.7. The van der Waals surface area contributed by atoms with Crippen LogP contribution in [0.25, 0.3) is 0 Å². The molecule has 8 heteroatoms. The van der Waals surface area contributed by atoms with Crippen molar-refractivity contribution in [1.29, 1.82) is 5.26 Å². The molecule has 4 rings (SSSR count). The molecule has 3 N–H and O–H groups in total. The highest BCUT2D eigenvalue weighted by Gasteiger charge is 2.59. The molecular formula is C29H37N5O3. The van der Waals surface area contributed by atoms with Gasteiger partial charge in [-0.3, -0.25) is 4.79 Å². The largest absolute Gasteiger partial charge is 0.481 e. The number of rotatable bonds is 10. The Kier molecular flexibility index (Phi) is 8.01. The molecule has 2 aliphatic carbocycles. The van der Waals surface area contributed by atoms with Gasteiger partial charge < -0.3 is 20.6 Å². The second-order valence-corrected chi connectivity index (χ2v) is 11.3. The number of carbonyl (C=O) groups is 2. The van der Waals surface area contributed by atoms with Crippen LogP contribution in [0.5, 0.6) is 0 Å². The van der Waals surface area contributed by atoms with Gasteiger partial charge in [-0.25, -0.2) is 9.78 Å². The summed E-state index contributed by atoms with van der Waals surface area (Å²) in [4.78, 5) is 31.3. The van der Waals surface area contributed by atoms with Crippen LogP contribution >= 0.6 is 0 Å². The van der Waals surface area contributed by atoms with Crippen LogP contribution in [-0.2, 0) is 4.79 Å². The Morgan fingerprint density at radius 1 is 1.11 bits per heavy atom. The predicted molar refractivity (Wildman–Crippen MR) is 145 cm³/mol. The van der Waals surface area contributed by atoms with Crippen LogP contribution in [0.15, 0.2) is 36.5 Å². The fourth-order valence-electron chi connectivity index (χ4n) is 5.60. The van der Waals surface area contributed by atoms with E-state index in [9.17, 15) is 14.7 Å². The van der Waals surface area contributed by atoms with Gasteiger partial charge in [0.2, 0.25) is 0 Å². The highest BCUT2D eigenvalue weighted by molar-refractivity contribution is 6.02. The lowest BCUT2D eigenvalue weighted by Crippen LogP contribution is -2.32. The first-order valence-corrected chi connectivity index (χ1v) is 13.2. The number of hydrogen-bond acceptors (Lipinski definition) is 5. The summed E-state index contributed by atoms with van der Waals surface area (Å²) in [6.45, 7) is 10.3. The van der Waals surface area contributed by atoms with Crippen LogP contribution in [0.4, 0.5) is 21.9 Å². The quantitative estimate of drug-likeness (QED) is 0.370. The maximum absolute atomic E-state index is 13.0. The van der Waals surface area contributed by atoms with E-state index >= 15 is 0 Å². The molecule has 0 bridgehead atoms. The summed E-state index contributed by atoms with van der Waals surface area (Å²) in [7, 11) is 0. The lowest BCUT2D eigenvalue weighted by atomic mass is 9.80. The minimum absolute atomic E-state index is 0.0214. The number of anilines is 3. The first-order valence-electron chi connectivity index (χ1n) is 13.2. The first kappa shape index (κ1) is 26.5. The van der Waals surface area contributed by atoms with E-state index < -0.39 is 12.0 Å². The summed E-state index contributed by atoms with van der Waals surface area (Å²) < 4.78 is 0. The van der Waals surface area contributed by atoms with Crippen molar-refractivity contribution in [3.63, 3.8) is 0 Å². The zero-order valence-electron chi connectivity index (χ0n) is 22.1. The van der Waals surface area contributed by atoms with Crippen molar-refractivity contribution in [2.45, 2.75) is 52.9 Å². The van der Waals surface area contributed by atoms with Gasteiger partial charge in [0, 0.05) is 19.0 Å². The van der Waals surface area contributed by atoms with Crippen molar-refractivity contribution in [1.82, 2.24) is 4.98 Å². The highest BCUT2D eigenvalue weighted by atomic mass is 16.4. The molecule has 2 aliphatic rings. The molecule has 1 heterocycles. The van der Waals surface area contributed by atoms with E-state index in [0.717, 1.165) is 37.2 Å². The molecule has 0 saturated heterocycles. The molecule has 1 aromatic carbocycles. The second-order valence-electron chi connectivity index (χ2n) is 11.3. The smallest absolute Gasteiger partial charge is 0.323 e. The fourth-order valence-corrected chi connectivity index (χ4v) is 5.60. The molecule has 196 valence electrons. The summed E-state index contributed by atoms with van der Waals surface area (Å²) in [6.07, 6.45) is 4.83. The van der Waals surface area contributed by atoms with Crippen LogP contribution in [0.1, 0.15) is 64.1 Å². The van der Waals surface area contributed by atoms with Crippen molar-refractivity contribution in [3.8, 4) is 6.07 Å². The minimum atomic E-state index is -0.729. The molecule has 2 aromatic rings. The number of urea groups is 1. The maximum Gasteiger partial charge on any atom is 0.323 e. The van der Waals surface area contributed by atoms with Crippen molar-refractivity contribution in [2.24, 2.45) is 29.6 Å². The van der Waals surface area contributed by atoms with E-state index in [1.165, 1.54) is 12.6 Å². The van der Waals surface area contributed by atoms with Crippen molar-refractivity contribution in [3.05, 3.63) is 47.8 Å². The van der Waals surface area contributed by atoms with Gasteiger partial charge >= 0.3 is 12.0 Å². The van der Waals surface area contributed by atoms with Gasteiger partial charge in [-0.1, -0.05) is 53.0 Å². The van der Waals surface area contributed by atoms with Crippen molar-refractivity contribution < 1.29 is 14.7 Å². The van der Waals surface area contributed by atoms with Gasteiger partial charge in [-0.15, -0.1) is 0 Å². The summed E-state index contributed by atoms with van der Waals surface area (Å²) in [6, 6.07) is 10.8. The molecule has 2 amide bonds. The van der Waals surface area contributed by atoms with E-state index in [4.69, 9.17) is 5.26 Å². The van der Waals surface area contributed by atoms with Crippen LogP contribution in [0.3, 0.4) is 0 Å². The van der Waals surface area contributed by atoms with Gasteiger partial charge in [-0.2, -0.15) is 5.26 Å². The number of nitriles is 1. The molecule has 1 aromatic heterocycles. The Labute approximate surface area is 219 Å². The molecule has 8 nitrogen and oxygen atoms in total. The number of benzene rings is 1. The summed E-state index contributed by atoms with van der Waals surface area (Å²) in [5.74, 6) is 0.392. The number of carboxylic acid groups (broad SMARTS) is 1. The monoisotopic (exact) mass is 503 g/mol. The van der Waals surface area contributed by atoms with Gasteiger partial charge in [0.15, 0.2) is 0 Å². The number of amides is 2. The third-order valence-corrected chi connectivity index (χ3v) is 7.36. The third kappa shape index (κ3) is 6.22. The number of pyridine rings is 1. The Morgan fingerprint density at radius 3 is 2.32 bits per heavy atom. The Morgan fingerprint density at radius 2 is 1.81 bits per heavy atom.